The van der Waals surface area contributed by atoms with Crippen LogP contribution in [-0.2, 0) is 4.79 Å². The van der Waals surface area contributed by atoms with Crippen LogP contribution in [0.5, 0.6) is 0 Å². The molecule has 0 aromatic carbocycles. The Kier molecular flexibility index (Phi) is 4.99. The maximum absolute atomic E-state index is 12.1. The second-order valence-electron chi connectivity index (χ2n) is 6.42. The molecular formula is C14H27NO2. The summed E-state index contributed by atoms with van der Waals surface area (Å²) in [5, 5.41) is 9.79. The number of amides is 1. The van der Waals surface area contributed by atoms with E-state index in [2.05, 4.69) is 27.7 Å². The lowest BCUT2D eigenvalue weighted by atomic mass is 9.89. The van der Waals surface area contributed by atoms with Crippen LogP contribution in [0.1, 0.15) is 53.4 Å². The zero-order valence-electron chi connectivity index (χ0n) is 11.7. The van der Waals surface area contributed by atoms with Crippen LogP contribution >= 0.6 is 0 Å². The van der Waals surface area contributed by atoms with Gasteiger partial charge in [0.2, 0.25) is 5.91 Å². The van der Waals surface area contributed by atoms with Crippen molar-refractivity contribution in [2.75, 3.05) is 13.1 Å². The van der Waals surface area contributed by atoms with Gasteiger partial charge < -0.3 is 10.0 Å². The Bertz CT molecular complexity index is 257. The van der Waals surface area contributed by atoms with Gasteiger partial charge in [0.15, 0.2) is 0 Å². The lowest BCUT2D eigenvalue weighted by molar-refractivity contribution is -0.135. The Balaban J connectivity index is 2.42. The minimum absolute atomic E-state index is 0.216. The van der Waals surface area contributed by atoms with Crippen molar-refractivity contribution in [2.24, 2.45) is 11.3 Å². The molecule has 0 spiro atoms. The average molecular weight is 241 g/mol. The molecule has 100 valence electrons. The second kappa shape index (κ2) is 5.85. The molecule has 3 heteroatoms. The first kappa shape index (κ1) is 14.5. The zero-order valence-corrected chi connectivity index (χ0v) is 11.7. The molecule has 0 aromatic rings. The highest BCUT2D eigenvalue weighted by Crippen LogP contribution is 2.24. The predicted octanol–water partition coefficient (Wildman–Crippen LogP) is 2.43. The van der Waals surface area contributed by atoms with E-state index in [1.807, 2.05) is 4.90 Å². The molecule has 1 fully saturated rings. The van der Waals surface area contributed by atoms with E-state index >= 15 is 0 Å². The fourth-order valence-electron chi connectivity index (χ4n) is 2.29. The maximum atomic E-state index is 12.1. The van der Waals surface area contributed by atoms with E-state index in [0.717, 1.165) is 32.4 Å². The summed E-state index contributed by atoms with van der Waals surface area (Å²) in [6, 6.07) is 0. The van der Waals surface area contributed by atoms with Gasteiger partial charge in [-0.15, -0.1) is 0 Å². The number of likely N-dealkylation sites (tertiary alicyclic amines) is 1. The zero-order chi connectivity index (χ0) is 13.1. The predicted molar refractivity (Wildman–Crippen MR) is 69.7 cm³/mol. The number of rotatable bonds is 3. The summed E-state index contributed by atoms with van der Waals surface area (Å²) < 4.78 is 0. The first-order chi connectivity index (χ1) is 7.83. The highest BCUT2D eigenvalue weighted by Gasteiger charge is 2.29. The highest BCUT2D eigenvalue weighted by atomic mass is 16.3. The molecule has 2 unspecified atom stereocenters. The molecule has 2 atom stereocenters. The van der Waals surface area contributed by atoms with Crippen molar-refractivity contribution < 1.29 is 9.90 Å². The van der Waals surface area contributed by atoms with Gasteiger partial charge in [-0.2, -0.15) is 0 Å². The molecule has 0 aliphatic carbocycles. The van der Waals surface area contributed by atoms with Crippen molar-refractivity contribution in [3.05, 3.63) is 0 Å². The third-order valence-corrected chi connectivity index (χ3v) is 3.66. The molecule has 3 nitrogen and oxygen atoms in total. The molecule has 1 amide bonds. The molecule has 0 radical (unpaired) electrons. The molecule has 0 bridgehead atoms. The van der Waals surface area contributed by atoms with Crippen molar-refractivity contribution in [1.29, 1.82) is 0 Å². The first-order valence-corrected chi connectivity index (χ1v) is 6.79. The fourth-order valence-corrected chi connectivity index (χ4v) is 2.29. The topological polar surface area (TPSA) is 40.5 Å². The van der Waals surface area contributed by atoms with Crippen LogP contribution in [-0.4, -0.2) is 35.1 Å². The number of hydrogen-bond donors (Lipinski definition) is 1. The summed E-state index contributed by atoms with van der Waals surface area (Å²) in [5.41, 5.74) is 0.217. The summed E-state index contributed by atoms with van der Waals surface area (Å²) in [5.74, 6) is 0.521. The summed E-state index contributed by atoms with van der Waals surface area (Å²) in [6.07, 6.45) is 3.04. The molecule has 1 aliphatic heterocycles. The van der Waals surface area contributed by atoms with Gasteiger partial charge in [0.05, 0.1) is 6.10 Å². The van der Waals surface area contributed by atoms with Crippen molar-refractivity contribution in [3.63, 3.8) is 0 Å². The molecule has 0 saturated carbocycles. The lowest BCUT2D eigenvalue weighted by Gasteiger charge is -2.36. The van der Waals surface area contributed by atoms with E-state index in [9.17, 15) is 9.90 Å². The van der Waals surface area contributed by atoms with E-state index in [-0.39, 0.29) is 23.3 Å². The first-order valence-electron chi connectivity index (χ1n) is 6.79. The number of carbonyl (C=O) groups is 1. The molecule has 0 aromatic heterocycles. The van der Waals surface area contributed by atoms with Gasteiger partial charge in [0.1, 0.15) is 0 Å². The van der Waals surface area contributed by atoms with Crippen LogP contribution in [0.4, 0.5) is 0 Å². The van der Waals surface area contributed by atoms with Gasteiger partial charge in [-0.25, -0.2) is 0 Å². The monoisotopic (exact) mass is 241 g/mol. The molecule has 1 N–H and O–H groups in total. The summed E-state index contributed by atoms with van der Waals surface area (Å²) in [6.45, 7) is 10.0. The van der Waals surface area contributed by atoms with Crippen molar-refractivity contribution in [2.45, 2.75) is 59.5 Å². The lowest BCUT2D eigenvalue weighted by Crippen LogP contribution is -2.45. The SMILES string of the molecule is CCC1CN(C(=O)CCC(C)(C)C)CCC1O. The standard InChI is InChI=1S/C14H27NO2/c1-5-11-10-15(9-7-12(11)16)13(17)6-8-14(2,3)4/h11-12,16H,5-10H2,1-4H3. The highest BCUT2D eigenvalue weighted by molar-refractivity contribution is 5.76. The van der Waals surface area contributed by atoms with Crippen molar-refractivity contribution in [1.82, 2.24) is 4.90 Å². The van der Waals surface area contributed by atoms with E-state index in [4.69, 9.17) is 0 Å². The number of aliphatic hydroxyl groups excluding tert-OH is 1. The van der Waals surface area contributed by atoms with Crippen LogP contribution in [0.3, 0.4) is 0 Å². The third kappa shape index (κ3) is 4.66. The van der Waals surface area contributed by atoms with Gasteiger partial charge in [-0.05, 0) is 24.7 Å². The molecule has 1 saturated heterocycles. The minimum Gasteiger partial charge on any atom is -0.393 e. The van der Waals surface area contributed by atoms with E-state index in [1.54, 1.807) is 0 Å². The normalized spacial score (nSPS) is 26.1. The fraction of sp³-hybridized carbons (Fsp3) is 0.929. The smallest absolute Gasteiger partial charge is 0.222 e. The van der Waals surface area contributed by atoms with Gasteiger partial charge in [-0.3, -0.25) is 4.79 Å². The summed E-state index contributed by atoms with van der Waals surface area (Å²) in [4.78, 5) is 14.0. The molecule has 1 rings (SSSR count). The largest absolute Gasteiger partial charge is 0.393 e. The Morgan fingerprint density at radius 3 is 2.59 bits per heavy atom. The third-order valence-electron chi connectivity index (χ3n) is 3.66. The Morgan fingerprint density at radius 1 is 1.41 bits per heavy atom. The Hall–Kier alpha value is -0.570. The average Bonchev–Trinajstić information content (AvgIpc) is 2.25. The number of nitrogens with zero attached hydrogens (tertiary/aromatic N) is 1. The molecule has 17 heavy (non-hydrogen) atoms. The van der Waals surface area contributed by atoms with Crippen LogP contribution in [0, 0.1) is 11.3 Å². The van der Waals surface area contributed by atoms with E-state index in [1.165, 1.54) is 0 Å². The quantitative estimate of drug-likeness (QED) is 0.824. The molecular weight excluding hydrogens is 214 g/mol. The van der Waals surface area contributed by atoms with Crippen LogP contribution in [0.2, 0.25) is 0 Å². The van der Waals surface area contributed by atoms with E-state index < -0.39 is 0 Å². The van der Waals surface area contributed by atoms with Gasteiger partial charge in [0.25, 0.3) is 0 Å². The van der Waals surface area contributed by atoms with E-state index in [0.29, 0.717) is 6.42 Å². The Labute approximate surface area is 105 Å². The summed E-state index contributed by atoms with van der Waals surface area (Å²) in [7, 11) is 0. The van der Waals surface area contributed by atoms with Crippen molar-refractivity contribution >= 4 is 5.91 Å². The van der Waals surface area contributed by atoms with Gasteiger partial charge in [0, 0.05) is 25.4 Å². The number of hydrogen-bond acceptors (Lipinski definition) is 2. The second-order valence-corrected chi connectivity index (χ2v) is 6.42. The molecule has 1 heterocycles. The van der Waals surface area contributed by atoms with Crippen LogP contribution < -0.4 is 0 Å². The minimum atomic E-state index is -0.216. The van der Waals surface area contributed by atoms with Crippen LogP contribution in [0.15, 0.2) is 0 Å². The van der Waals surface area contributed by atoms with Crippen LogP contribution in [0.25, 0.3) is 0 Å². The maximum Gasteiger partial charge on any atom is 0.222 e. The number of piperidine rings is 1. The Morgan fingerprint density at radius 2 is 2.06 bits per heavy atom. The summed E-state index contributed by atoms with van der Waals surface area (Å²) >= 11 is 0. The van der Waals surface area contributed by atoms with Gasteiger partial charge >= 0.3 is 0 Å². The number of carbonyl (C=O) groups excluding carboxylic acids is 1. The molecule has 1 aliphatic rings. The number of aliphatic hydroxyl groups is 1. The van der Waals surface area contributed by atoms with Crippen molar-refractivity contribution in [3.8, 4) is 0 Å². The van der Waals surface area contributed by atoms with Gasteiger partial charge in [-0.1, -0.05) is 27.7 Å².